The Morgan fingerprint density at radius 3 is 2.79 bits per heavy atom. The Labute approximate surface area is 110 Å². The fourth-order valence-electron chi connectivity index (χ4n) is 2.26. The largest absolute Gasteiger partial charge is 0.287 e. The molecule has 3 rings (SSSR count). The summed E-state index contributed by atoms with van der Waals surface area (Å²) in [7, 11) is 1.78. The van der Waals surface area contributed by atoms with E-state index in [0.29, 0.717) is 11.3 Å². The summed E-state index contributed by atoms with van der Waals surface area (Å²) in [6.07, 6.45) is 1.73. The molecule has 19 heavy (non-hydrogen) atoms. The smallest absolute Gasteiger partial charge is 0.211 e. The van der Waals surface area contributed by atoms with Crippen molar-refractivity contribution in [3.8, 4) is 0 Å². The Balaban J connectivity index is 2.19. The van der Waals surface area contributed by atoms with E-state index < -0.39 is 0 Å². The van der Waals surface area contributed by atoms with Crippen LogP contribution in [0.25, 0.3) is 10.9 Å². The molecule has 0 saturated heterocycles. The van der Waals surface area contributed by atoms with Crippen molar-refractivity contribution in [2.75, 3.05) is 0 Å². The molecule has 0 fully saturated rings. The van der Waals surface area contributed by atoms with E-state index in [1.54, 1.807) is 24.0 Å². The topological polar surface area (TPSA) is 47.8 Å². The lowest BCUT2D eigenvalue weighted by Crippen LogP contribution is -2.08. The number of benzene rings is 1. The van der Waals surface area contributed by atoms with Crippen molar-refractivity contribution in [1.82, 2.24) is 14.8 Å². The second kappa shape index (κ2) is 4.31. The van der Waals surface area contributed by atoms with Crippen molar-refractivity contribution in [2.45, 2.75) is 6.92 Å². The van der Waals surface area contributed by atoms with E-state index in [9.17, 15) is 4.79 Å². The SMILES string of the molecule is Cc1cc(C(=O)c2cccc3ncccc23)n(C)n1. The van der Waals surface area contributed by atoms with Crippen LogP contribution in [0.3, 0.4) is 0 Å². The maximum absolute atomic E-state index is 12.6. The van der Waals surface area contributed by atoms with Crippen LogP contribution in [-0.2, 0) is 7.05 Å². The van der Waals surface area contributed by atoms with Crippen LogP contribution in [-0.4, -0.2) is 20.5 Å². The molecule has 0 aliphatic rings. The average molecular weight is 251 g/mol. The zero-order valence-corrected chi connectivity index (χ0v) is 10.8. The highest BCUT2D eigenvalue weighted by Crippen LogP contribution is 2.20. The van der Waals surface area contributed by atoms with Crippen molar-refractivity contribution >= 4 is 16.7 Å². The first-order valence-corrected chi connectivity index (χ1v) is 6.06. The number of rotatable bonds is 2. The van der Waals surface area contributed by atoms with Gasteiger partial charge >= 0.3 is 0 Å². The zero-order chi connectivity index (χ0) is 13.4. The number of fused-ring (bicyclic) bond motifs is 1. The van der Waals surface area contributed by atoms with Crippen molar-refractivity contribution in [3.63, 3.8) is 0 Å². The average Bonchev–Trinajstić information content (AvgIpc) is 2.76. The summed E-state index contributed by atoms with van der Waals surface area (Å²) < 4.78 is 1.62. The van der Waals surface area contributed by atoms with Gasteiger partial charge in [-0.25, -0.2) is 0 Å². The summed E-state index contributed by atoms with van der Waals surface area (Å²) in [5, 5.41) is 5.09. The van der Waals surface area contributed by atoms with Crippen LogP contribution in [0.15, 0.2) is 42.6 Å². The molecule has 0 radical (unpaired) electrons. The minimum absolute atomic E-state index is 0.0262. The van der Waals surface area contributed by atoms with Crippen LogP contribution in [0.1, 0.15) is 21.7 Å². The molecule has 2 aromatic heterocycles. The number of hydrogen-bond donors (Lipinski definition) is 0. The number of carbonyl (C=O) groups is 1. The monoisotopic (exact) mass is 251 g/mol. The lowest BCUT2D eigenvalue weighted by Gasteiger charge is -2.05. The molecule has 0 aliphatic carbocycles. The standard InChI is InChI=1S/C15H13N3O/c1-10-9-14(18(2)17-10)15(19)12-5-3-7-13-11(12)6-4-8-16-13/h3-9H,1-2H3. The number of nitrogens with zero attached hydrogens (tertiary/aromatic N) is 3. The molecule has 4 heteroatoms. The molecule has 0 atom stereocenters. The molecule has 94 valence electrons. The minimum Gasteiger partial charge on any atom is -0.287 e. The highest BCUT2D eigenvalue weighted by atomic mass is 16.1. The second-order valence-corrected chi connectivity index (χ2v) is 4.50. The molecule has 4 nitrogen and oxygen atoms in total. The maximum Gasteiger partial charge on any atom is 0.211 e. The van der Waals surface area contributed by atoms with E-state index in [-0.39, 0.29) is 5.78 Å². The van der Waals surface area contributed by atoms with Gasteiger partial charge in [0.1, 0.15) is 5.69 Å². The molecular formula is C15H13N3O. The van der Waals surface area contributed by atoms with Crippen LogP contribution in [0.2, 0.25) is 0 Å². The fourth-order valence-corrected chi connectivity index (χ4v) is 2.26. The molecule has 3 aromatic rings. The van der Waals surface area contributed by atoms with Gasteiger partial charge in [0.05, 0.1) is 11.2 Å². The third-order valence-corrected chi connectivity index (χ3v) is 3.12. The molecule has 0 amide bonds. The molecule has 0 unspecified atom stereocenters. The summed E-state index contributed by atoms with van der Waals surface area (Å²) in [5.41, 5.74) is 2.92. The van der Waals surface area contributed by atoms with Crippen LogP contribution in [0.5, 0.6) is 0 Å². The van der Waals surface area contributed by atoms with E-state index in [1.807, 2.05) is 37.3 Å². The van der Waals surface area contributed by atoms with Crippen LogP contribution < -0.4 is 0 Å². The number of aryl methyl sites for hydroxylation is 2. The van der Waals surface area contributed by atoms with Crippen LogP contribution in [0, 0.1) is 6.92 Å². The molecule has 1 aromatic carbocycles. The van der Waals surface area contributed by atoms with Gasteiger partial charge in [-0.05, 0) is 25.1 Å². The Hall–Kier alpha value is -2.49. The number of aromatic nitrogens is 3. The Morgan fingerprint density at radius 1 is 1.21 bits per heavy atom. The minimum atomic E-state index is -0.0262. The van der Waals surface area contributed by atoms with Gasteiger partial charge in [-0.2, -0.15) is 5.10 Å². The lowest BCUT2D eigenvalue weighted by atomic mass is 10.0. The first-order chi connectivity index (χ1) is 9.16. The Kier molecular flexibility index (Phi) is 2.63. The Morgan fingerprint density at radius 2 is 2.05 bits per heavy atom. The van der Waals surface area contributed by atoms with Crippen molar-refractivity contribution in [2.24, 2.45) is 7.05 Å². The van der Waals surface area contributed by atoms with E-state index in [1.165, 1.54) is 0 Å². The molecular weight excluding hydrogens is 238 g/mol. The quantitative estimate of drug-likeness (QED) is 0.657. The van der Waals surface area contributed by atoms with Crippen LogP contribution >= 0.6 is 0 Å². The Bertz CT molecular complexity index is 769. The predicted octanol–water partition coefficient (Wildman–Crippen LogP) is 2.51. The number of ketones is 1. The normalized spacial score (nSPS) is 10.8. The third-order valence-electron chi connectivity index (χ3n) is 3.12. The first kappa shape index (κ1) is 11.6. The molecule has 0 aliphatic heterocycles. The summed E-state index contributed by atoms with van der Waals surface area (Å²) in [5.74, 6) is -0.0262. The second-order valence-electron chi connectivity index (χ2n) is 4.50. The van der Waals surface area contributed by atoms with Crippen molar-refractivity contribution in [3.05, 3.63) is 59.5 Å². The molecule has 2 heterocycles. The van der Waals surface area contributed by atoms with E-state index in [0.717, 1.165) is 16.6 Å². The summed E-state index contributed by atoms with van der Waals surface area (Å²) in [6, 6.07) is 11.1. The number of carbonyl (C=O) groups excluding carboxylic acids is 1. The van der Waals surface area contributed by atoms with Gasteiger partial charge in [0, 0.05) is 24.2 Å². The lowest BCUT2D eigenvalue weighted by molar-refractivity contribution is 0.103. The van der Waals surface area contributed by atoms with E-state index in [2.05, 4.69) is 10.1 Å². The van der Waals surface area contributed by atoms with Gasteiger partial charge in [0.2, 0.25) is 5.78 Å². The van der Waals surface area contributed by atoms with Gasteiger partial charge in [0.25, 0.3) is 0 Å². The fraction of sp³-hybridized carbons (Fsp3) is 0.133. The van der Waals surface area contributed by atoms with Gasteiger partial charge < -0.3 is 0 Å². The predicted molar refractivity (Wildman–Crippen MR) is 73.1 cm³/mol. The van der Waals surface area contributed by atoms with Gasteiger partial charge in [-0.15, -0.1) is 0 Å². The molecule has 0 bridgehead atoms. The summed E-state index contributed by atoms with van der Waals surface area (Å²) in [4.78, 5) is 16.9. The van der Waals surface area contributed by atoms with Crippen molar-refractivity contribution < 1.29 is 4.79 Å². The summed E-state index contributed by atoms with van der Waals surface area (Å²) >= 11 is 0. The third kappa shape index (κ3) is 1.91. The molecule has 0 saturated carbocycles. The molecule has 0 spiro atoms. The van der Waals surface area contributed by atoms with E-state index >= 15 is 0 Å². The maximum atomic E-state index is 12.6. The van der Waals surface area contributed by atoms with Gasteiger partial charge in [-0.3, -0.25) is 14.5 Å². The number of hydrogen-bond acceptors (Lipinski definition) is 3. The number of pyridine rings is 1. The van der Waals surface area contributed by atoms with Crippen LogP contribution in [0.4, 0.5) is 0 Å². The van der Waals surface area contributed by atoms with Gasteiger partial charge in [-0.1, -0.05) is 18.2 Å². The summed E-state index contributed by atoms with van der Waals surface area (Å²) in [6.45, 7) is 1.88. The highest BCUT2D eigenvalue weighted by Gasteiger charge is 2.16. The molecule has 0 N–H and O–H groups in total. The van der Waals surface area contributed by atoms with Crippen molar-refractivity contribution in [1.29, 1.82) is 0 Å². The van der Waals surface area contributed by atoms with E-state index in [4.69, 9.17) is 0 Å². The first-order valence-electron chi connectivity index (χ1n) is 6.06. The highest BCUT2D eigenvalue weighted by molar-refractivity contribution is 6.15. The zero-order valence-electron chi connectivity index (χ0n) is 10.8. The van der Waals surface area contributed by atoms with Gasteiger partial charge in [0.15, 0.2) is 0 Å².